The molecule has 0 radical (unpaired) electrons. The molecular weight excluding hydrogens is 356 g/mol. The average molecular weight is 384 g/mol. The van der Waals surface area contributed by atoms with E-state index in [9.17, 15) is 14.4 Å². The summed E-state index contributed by atoms with van der Waals surface area (Å²) in [7, 11) is 0. The van der Waals surface area contributed by atoms with Crippen molar-refractivity contribution in [2.45, 2.75) is 52.5 Å². The summed E-state index contributed by atoms with van der Waals surface area (Å²) in [6, 6.07) is 5.02. The Hall–Kier alpha value is -2.70. The molecule has 1 N–H and O–H groups in total. The highest BCUT2D eigenvalue weighted by molar-refractivity contribution is 5.99. The first-order chi connectivity index (χ1) is 13.5. The molecule has 1 aromatic carbocycles. The number of fused-ring (bicyclic) bond motifs is 2. The number of hydrogen-bond acceptors (Lipinski definition) is 4. The first-order valence-corrected chi connectivity index (χ1v) is 10.1. The van der Waals surface area contributed by atoms with Crippen molar-refractivity contribution in [1.82, 2.24) is 19.8 Å². The van der Waals surface area contributed by atoms with E-state index in [-0.39, 0.29) is 23.9 Å². The Labute approximate surface area is 164 Å². The number of carbonyl (C=O) groups excluding carboxylic acids is 2. The summed E-state index contributed by atoms with van der Waals surface area (Å²) >= 11 is 0. The second kappa shape index (κ2) is 8.99. The van der Waals surface area contributed by atoms with Gasteiger partial charge in [0, 0.05) is 31.6 Å². The zero-order valence-electron chi connectivity index (χ0n) is 16.7. The quantitative estimate of drug-likeness (QED) is 0.856. The van der Waals surface area contributed by atoms with Crippen LogP contribution in [0.2, 0.25) is 0 Å². The van der Waals surface area contributed by atoms with Crippen molar-refractivity contribution in [2.75, 3.05) is 19.6 Å². The van der Waals surface area contributed by atoms with Gasteiger partial charge in [-0.15, -0.1) is 0 Å². The highest BCUT2D eigenvalue weighted by Gasteiger charge is 2.19. The molecule has 0 unspecified atom stereocenters. The minimum atomic E-state index is -0.232. The van der Waals surface area contributed by atoms with Crippen LogP contribution in [0.4, 0.5) is 0 Å². The van der Waals surface area contributed by atoms with Crippen molar-refractivity contribution in [3.05, 3.63) is 39.9 Å². The molecule has 0 saturated heterocycles. The Morgan fingerprint density at radius 1 is 1.18 bits per heavy atom. The number of rotatable bonds is 5. The maximum Gasteiger partial charge on any atom is 0.261 e. The molecular formula is C21H28N4O3. The molecule has 0 aliphatic carbocycles. The molecule has 2 heterocycles. The van der Waals surface area contributed by atoms with E-state index in [1.807, 2.05) is 13.8 Å². The standard InChI is InChI=1S/C21H28N4O3/c1-3-22-19(26)14-24(4-2)20(27)15-10-11-16-17(13-15)23-18-9-7-5-6-8-12-25(18)21(16)28/h10-11,13H,3-9,12,14H2,1-2H3,(H,22,26). The van der Waals surface area contributed by atoms with Gasteiger partial charge in [0.25, 0.3) is 11.5 Å². The summed E-state index contributed by atoms with van der Waals surface area (Å²) in [6.45, 7) is 5.35. The van der Waals surface area contributed by atoms with E-state index in [2.05, 4.69) is 5.32 Å². The van der Waals surface area contributed by atoms with E-state index < -0.39 is 0 Å². The van der Waals surface area contributed by atoms with Crippen molar-refractivity contribution in [3.8, 4) is 0 Å². The van der Waals surface area contributed by atoms with Crippen molar-refractivity contribution in [2.24, 2.45) is 0 Å². The largest absolute Gasteiger partial charge is 0.355 e. The molecule has 7 nitrogen and oxygen atoms in total. The fourth-order valence-corrected chi connectivity index (χ4v) is 3.66. The Morgan fingerprint density at radius 3 is 2.71 bits per heavy atom. The van der Waals surface area contributed by atoms with Crippen LogP contribution in [0.25, 0.3) is 10.9 Å². The van der Waals surface area contributed by atoms with Crippen LogP contribution in [0.3, 0.4) is 0 Å². The predicted molar refractivity (Wildman–Crippen MR) is 108 cm³/mol. The fourth-order valence-electron chi connectivity index (χ4n) is 3.66. The molecule has 0 fully saturated rings. The van der Waals surface area contributed by atoms with E-state index in [0.29, 0.717) is 36.1 Å². The lowest BCUT2D eigenvalue weighted by molar-refractivity contribution is -0.121. The first kappa shape index (κ1) is 20.0. The SMILES string of the molecule is CCNC(=O)CN(CC)C(=O)c1ccc2c(=O)n3c(nc2c1)CCCCCC3. The lowest BCUT2D eigenvalue weighted by atomic mass is 10.1. The van der Waals surface area contributed by atoms with Crippen LogP contribution in [0.15, 0.2) is 23.0 Å². The number of aryl methyl sites for hydroxylation is 1. The number of nitrogens with one attached hydrogen (secondary N) is 1. The lowest BCUT2D eigenvalue weighted by Crippen LogP contribution is -2.40. The molecule has 0 atom stereocenters. The summed E-state index contributed by atoms with van der Waals surface area (Å²) in [4.78, 5) is 43.8. The van der Waals surface area contributed by atoms with Gasteiger partial charge in [0.1, 0.15) is 5.82 Å². The third-order valence-electron chi connectivity index (χ3n) is 5.19. The van der Waals surface area contributed by atoms with Crippen LogP contribution in [0, 0.1) is 0 Å². The van der Waals surface area contributed by atoms with Crippen LogP contribution in [0.1, 0.15) is 55.7 Å². The highest BCUT2D eigenvalue weighted by Crippen LogP contribution is 2.17. The first-order valence-electron chi connectivity index (χ1n) is 10.1. The Kier molecular flexibility index (Phi) is 6.44. The zero-order valence-corrected chi connectivity index (χ0v) is 16.7. The molecule has 3 rings (SSSR count). The maximum absolute atomic E-state index is 12.9. The van der Waals surface area contributed by atoms with Crippen molar-refractivity contribution >= 4 is 22.7 Å². The van der Waals surface area contributed by atoms with Gasteiger partial charge in [0.05, 0.1) is 17.4 Å². The third kappa shape index (κ3) is 4.24. The third-order valence-corrected chi connectivity index (χ3v) is 5.19. The van der Waals surface area contributed by atoms with Gasteiger partial charge in [-0.3, -0.25) is 19.0 Å². The molecule has 2 aromatic rings. The maximum atomic E-state index is 12.9. The molecule has 150 valence electrons. The summed E-state index contributed by atoms with van der Waals surface area (Å²) in [5.41, 5.74) is 0.966. The van der Waals surface area contributed by atoms with E-state index in [1.54, 1.807) is 22.8 Å². The Bertz CT molecular complexity index is 935. The molecule has 0 spiro atoms. The minimum absolute atomic E-state index is 0.0154. The van der Waals surface area contributed by atoms with E-state index in [1.165, 1.54) is 4.90 Å². The van der Waals surface area contributed by atoms with Gasteiger partial charge >= 0.3 is 0 Å². The van der Waals surface area contributed by atoms with E-state index in [0.717, 1.165) is 37.9 Å². The second-order valence-corrected chi connectivity index (χ2v) is 7.15. The molecule has 7 heteroatoms. The molecule has 1 aliphatic rings. The molecule has 1 aromatic heterocycles. The second-order valence-electron chi connectivity index (χ2n) is 7.15. The summed E-state index contributed by atoms with van der Waals surface area (Å²) in [5, 5.41) is 3.24. The fraction of sp³-hybridized carbons (Fsp3) is 0.524. The Morgan fingerprint density at radius 2 is 1.96 bits per heavy atom. The van der Waals surface area contributed by atoms with Crippen molar-refractivity contribution in [3.63, 3.8) is 0 Å². The Balaban J connectivity index is 1.94. The zero-order chi connectivity index (χ0) is 20.1. The molecule has 0 saturated carbocycles. The number of carbonyl (C=O) groups is 2. The normalized spacial score (nSPS) is 14.1. The van der Waals surface area contributed by atoms with Crippen molar-refractivity contribution in [1.29, 1.82) is 0 Å². The predicted octanol–water partition coefficient (Wildman–Crippen LogP) is 2.11. The molecule has 0 bridgehead atoms. The van der Waals surface area contributed by atoms with E-state index in [4.69, 9.17) is 4.98 Å². The van der Waals surface area contributed by atoms with Crippen LogP contribution in [-0.4, -0.2) is 45.9 Å². The summed E-state index contributed by atoms with van der Waals surface area (Å²) in [5.74, 6) is 0.386. The number of amides is 2. The molecule has 1 aliphatic heterocycles. The van der Waals surface area contributed by atoms with Gasteiger partial charge in [-0.1, -0.05) is 12.8 Å². The number of nitrogens with zero attached hydrogens (tertiary/aromatic N) is 3. The van der Waals surface area contributed by atoms with Gasteiger partial charge in [0.2, 0.25) is 5.91 Å². The lowest BCUT2D eigenvalue weighted by Gasteiger charge is -2.21. The van der Waals surface area contributed by atoms with Crippen LogP contribution >= 0.6 is 0 Å². The highest BCUT2D eigenvalue weighted by atomic mass is 16.2. The number of hydrogen-bond donors (Lipinski definition) is 1. The summed E-state index contributed by atoms with van der Waals surface area (Å²) < 4.78 is 1.79. The van der Waals surface area contributed by atoms with Gasteiger partial charge in [-0.05, 0) is 44.9 Å². The van der Waals surface area contributed by atoms with Crippen molar-refractivity contribution < 1.29 is 9.59 Å². The minimum Gasteiger partial charge on any atom is -0.355 e. The van der Waals surface area contributed by atoms with Gasteiger partial charge in [-0.25, -0.2) is 4.98 Å². The van der Waals surface area contributed by atoms with Gasteiger partial charge < -0.3 is 10.2 Å². The summed E-state index contributed by atoms with van der Waals surface area (Å²) in [6.07, 6.45) is 5.07. The smallest absolute Gasteiger partial charge is 0.261 e. The number of aromatic nitrogens is 2. The van der Waals surface area contributed by atoms with E-state index >= 15 is 0 Å². The van der Waals surface area contributed by atoms with Crippen LogP contribution < -0.4 is 10.9 Å². The van der Waals surface area contributed by atoms with Crippen LogP contribution in [0.5, 0.6) is 0 Å². The average Bonchev–Trinajstić information content (AvgIpc) is 2.67. The number of likely N-dealkylation sites (N-methyl/N-ethyl adjacent to an activating group) is 2. The topological polar surface area (TPSA) is 84.3 Å². The number of benzene rings is 1. The van der Waals surface area contributed by atoms with Gasteiger partial charge in [0.15, 0.2) is 0 Å². The van der Waals surface area contributed by atoms with Gasteiger partial charge in [-0.2, -0.15) is 0 Å². The van der Waals surface area contributed by atoms with Crippen LogP contribution in [-0.2, 0) is 17.8 Å². The molecule has 28 heavy (non-hydrogen) atoms. The monoisotopic (exact) mass is 384 g/mol. The molecule has 2 amide bonds.